The molecule has 0 unspecified atom stereocenters. The average Bonchev–Trinajstić information content (AvgIpc) is 3.57. The quantitative estimate of drug-likeness (QED) is 0.615. The number of carbonyl (C=O) groups excluding carboxylic acids is 2. The van der Waals surface area contributed by atoms with Crippen molar-refractivity contribution >= 4 is 17.5 Å². The number of ether oxygens (including phenoxy) is 2. The van der Waals surface area contributed by atoms with E-state index in [4.69, 9.17) is 4.74 Å². The molecule has 1 aromatic rings. The van der Waals surface area contributed by atoms with Crippen molar-refractivity contribution in [2.75, 3.05) is 44.6 Å². The van der Waals surface area contributed by atoms with E-state index in [9.17, 15) is 35.9 Å². The molecule has 2 aliphatic heterocycles. The van der Waals surface area contributed by atoms with Crippen molar-refractivity contribution in [3.05, 3.63) is 24.3 Å². The molecule has 1 aliphatic carbocycles. The van der Waals surface area contributed by atoms with Crippen molar-refractivity contribution in [2.45, 2.75) is 43.8 Å². The van der Waals surface area contributed by atoms with Gasteiger partial charge in [-0.1, -0.05) is 0 Å². The SMILES string of the molecule is O=C(CN1CCOC2(CCN(C(=O)C3(C(F)(F)F)CC3)CC2)C1)Nc1ccc(OC(F)(F)F)cc1. The molecule has 0 aromatic heterocycles. The van der Waals surface area contributed by atoms with Crippen LogP contribution in [-0.2, 0) is 14.3 Å². The fourth-order valence-electron chi connectivity index (χ4n) is 4.67. The van der Waals surface area contributed by atoms with Crippen LogP contribution in [0.25, 0.3) is 0 Å². The van der Waals surface area contributed by atoms with Gasteiger partial charge in [0, 0.05) is 31.9 Å². The van der Waals surface area contributed by atoms with E-state index >= 15 is 0 Å². The van der Waals surface area contributed by atoms with Crippen molar-refractivity contribution in [3.8, 4) is 5.75 Å². The second kappa shape index (κ2) is 9.16. The number of rotatable bonds is 5. The Kier molecular flexibility index (Phi) is 6.68. The van der Waals surface area contributed by atoms with E-state index in [0.717, 1.165) is 12.1 Å². The number of hydrogen-bond donors (Lipinski definition) is 1. The molecule has 35 heavy (non-hydrogen) atoms. The third kappa shape index (κ3) is 5.83. The lowest BCUT2D eigenvalue weighted by Gasteiger charge is -2.47. The molecular weight excluding hydrogens is 484 g/mol. The van der Waals surface area contributed by atoms with E-state index in [-0.39, 0.29) is 38.4 Å². The van der Waals surface area contributed by atoms with Gasteiger partial charge in [-0.15, -0.1) is 13.2 Å². The third-order valence-corrected chi connectivity index (χ3v) is 6.73. The molecule has 0 bridgehead atoms. The maximum Gasteiger partial charge on any atom is 0.573 e. The molecule has 0 atom stereocenters. The highest BCUT2D eigenvalue weighted by Crippen LogP contribution is 2.58. The van der Waals surface area contributed by atoms with Crippen molar-refractivity contribution in [3.63, 3.8) is 0 Å². The Morgan fingerprint density at radius 2 is 1.60 bits per heavy atom. The van der Waals surface area contributed by atoms with Gasteiger partial charge in [-0.2, -0.15) is 13.2 Å². The summed E-state index contributed by atoms with van der Waals surface area (Å²) in [5, 5.41) is 2.61. The lowest BCUT2D eigenvalue weighted by molar-refractivity contribution is -0.274. The van der Waals surface area contributed by atoms with E-state index < -0.39 is 35.2 Å². The number of benzene rings is 1. The number of likely N-dealkylation sites (tertiary alicyclic amines) is 1. The molecule has 1 aromatic carbocycles. The van der Waals surface area contributed by atoms with Gasteiger partial charge in [0.25, 0.3) is 0 Å². The van der Waals surface area contributed by atoms with Crippen LogP contribution in [-0.4, -0.2) is 79.1 Å². The topological polar surface area (TPSA) is 71.1 Å². The molecule has 13 heteroatoms. The molecule has 4 rings (SSSR count). The van der Waals surface area contributed by atoms with Gasteiger partial charge in [-0.25, -0.2) is 0 Å². The molecule has 194 valence electrons. The third-order valence-electron chi connectivity index (χ3n) is 6.73. The van der Waals surface area contributed by atoms with Gasteiger partial charge in [0.15, 0.2) is 0 Å². The minimum Gasteiger partial charge on any atom is -0.406 e. The van der Waals surface area contributed by atoms with Crippen molar-refractivity contribution in [1.29, 1.82) is 0 Å². The predicted molar refractivity (Wildman–Crippen MR) is 110 cm³/mol. The number of morpholine rings is 1. The molecule has 2 saturated heterocycles. The predicted octanol–water partition coefficient (Wildman–Crippen LogP) is 3.56. The highest BCUT2D eigenvalue weighted by atomic mass is 19.4. The largest absolute Gasteiger partial charge is 0.573 e. The molecule has 3 aliphatic rings. The molecule has 1 spiro atoms. The van der Waals surface area contributed by atoms with E-state index in [1.54, 1.807) is 0 Å². The first-order valence-corrected chi connectivity index (χ1v) is 11.2. The summed E-state index contributed by atoms with van der Waals surface area (Å²) in [5.74, 6) is -1.64. The monoisotopic (exact) mass is 509 g/mol. The van der Waals surface area contributed by atoms with Crippen molar-refractivity contribution in [1.82, 2.24) is 9.80 Å². The van der Waals surface area contributed by atoms with Crippen LogP contribution >= 0.6 is 0 Å². The average molecular weight is 509 g/mol. The van der Waals surface area contributed by atoms with Crippen LogP contribution in [0.15, 0.2) is 24.3 Å². The van der Waals surface area contributed by atoms with Crippen molar-refractivity contribution in [2.24, 2.45) is 5.41 Å². The molecular formula is C22H25F6N3O4. The fourth-order valence-corrected chi connectivity index (χ4v) is 4.67. The zero-order valence-corrected chi connectivity index (χ0v) is 18.7. The van der Waals surface area contributed by atoms with Gasteiger partial charge in [-0.3, -0.25) is 14.5 Å². The molecule has 0 radical (unpaired) electrons. The molecule has 1 saturated carbocycles. The van der Waals surface area contributed by atoms with Crippen LogP contribution in [0.2, 0.25) is 0 Å². The number of nitrogens with zero attached hydrogens (tertiary/aromatic N) is 2. The summed E-state index contributed by atoms with van der Waals surface area (Å²) in [6.07, 6.45) is -8.96. The van der Waals surface area contributed by atoms with Crippen LogP contribution in [0, 0.1) is 5.41 Å². The van der Waals surface area contributed by atoms with Gasteiger partial charge >= 0.3 is 12.5 Å². The summed E-state index contributed by atoms with van der Waals surface area (Å²) >= 11 is 0. The van der Waals surface area contributed by atoms with Gasteiger partial charge in [0.1, 0.15) is 11.2 Å². The summed E-state index contributed by atoms with van der Waals surface area (Å²) in [5.41, 5.74) is -2.58. The minimum atomic E-state index is -4.81. The molecule has 3 fully saturated rings. The number of nitrogens with one attached hydrogen (secondary N) is 1. The first-order valence-electron chi connectivity index (χ1n) is 11.2. The van der Waals surface area contributed by atoms with Gasteiger partial charge in [-0.05, 0) is 49.9 Å². The van der Waals surface area contributed by atoms with Gasteiger partial charge < -0.3 is 19.7 Å². The normalized spacial score (nSPS) is 22.1. The number of hydrogen-bond acceptors (Lipinski definition) is 5. The smallest absolute Gasteiger partial charge is 0.406 e. The summed E-state index contributed by atoms with van der Waals surface area (Å²) in [7, 11) is 0. The van der Waals surface area contributed by atoms with Crippen LogP contribution in [0.4, 0.5) is 32.0 Å². The number of alkyl halides is 6. The Bertz CT molecular complexity index is 938. The minimum absolute atomic E-state index is 0.00570. The molecule has 2 heterocycles. The maximum atomic E-state index is 13.3. The Balaban J connectivity index is 1.27. The van der Waals surface area contributed by atoms with E-state index in [2.05, 4.69) is 10.1 Å². The Labute approximate surface area is 197 Å². The molecule has 1 N–H and O–H groups in total. The van der Waals surface area contributed by atoms with Crippen LogP contribution in [0.3, 0.4) is 0 Å². The fraction of sp³-hybridized carbons (Fsp3) is 0.636. The Morgan fingerprint density at radius 3 is 2.14 bits per heavy atom. The molecule has 7 nitrogen and oxygen atoms in total. The van der Waals surface area contributed by atoms with Crippen LogP contribution in [0.1, 0.15) is 25.7 Å². The first kappa shape index (κ1) is 25.5. The highest BCUT2D eigenvalue weighted by molar-refractivity contribution is 5.92. The number of anilines is 1. The number of halogens is 6. The van der Waals surface area contributed by atoms with E-state index in [1.165, 1.54) is 17.0 Å². The Morgan fingerprint density at radius 1 is 0.971 bits per heavy atom. The summed E-state index contributed by atoms with van der Waals surface area (Å²) in [6, 6.07) is 4.76. The summed E-state index contributed by atoms with van der Waals surface area (Å²) in [6.45, 7) is 1.49. The number of piperidine rings is 1. The standard InChI is InChI=1S/C22H25F6N3O4/c23-21(24,25)20(5-6-20)18(33)31-9-7-19(8-10-31)14-30(11-12-34-19)13-17(32)29-15-1-3-16(4-2-15)35-22(26,27)28/h1-4H,5-14H2,(H,29,32). The van der Waals surface area contributed by atoms with Crippen LogP contribution in [0.5, 0.6) is 5.75 Å². The zero-order valence-electron chi connectivity index (χ0n) is 18.7. The number of amides is 2. The lowest BCUT2D eigenvalue weighted by atomic mass is 9.88. The maximum absolute atomic E-state index is 13.3. The highest BCUT2D eigenvalue weighted by Gasteiger charge is 2.69. The van der Waals surface area contributed by atoms with Crippen LogP contribution < -0.4 is 10.1 Å². The molecule has 2 amide bonds. The lowest BCUT2D eigenvalue weighted by Crippen LogP contribution is -2.59. The summed E-state index contributed by atoms with van der Waals surface area (Å²) < 4.78 is 86.4. The van der Waals surface area contributed by atoms with Gasteiger partial charge in [0.2, 0.25) is 11.8 Å². The van der Waals surface area contributed by atoms with Crippen molar-refractivity contribution < 1.29 is 45.4 Å². The van der Waals surface area contributed by atoms with E-state index in [0.29, 0.717) is 38.2 Å². The summed E-state index contributed by atoms with van der Waals surface area (Å²) in [4.78, 5) is 28.1. The van der Waals surface area contributed by atoms with E-state index in [1.807, 2.05) is 4.90 Å². The zero-order chi connectivity index (χ0) is 25.5. The second-order valence-corrected chi connectivity index (χ2v) is 9.23. The number of carbonyl (C=O) groups is 2. The Hall–Kier alpha value is -2.54. The first-order chi connectivity index (χ1) is 16.3. The second-order valence-electron chi connectivity index (χ2n) is 9.23. The van der Waals surface area contributed by atoms with Gasteiger partial charge in [0.05, 0.1) is 18.8 Å².